The van der Waals surface area contributed by atoms with Gasteiger partial charge in [-0.2, -0.15) is 0 Å². The quantitative estimate of drug-likeness (QED) is 0.720. The van der Waals surface area contributed by atoms with Gasteiger partial charge in [-0.1, -0.05) is 45.7 Å². The molecule has 0 bridgehead atoms. The van der Waals surface area contributed by atoms with E-state index in [-0.39, 0.29) is 6.54 Å². The van der Waals surface area contributed by atoms with E-state index >= 15 is 0 Å². The highest BCUT2D eigenvalue weighted by Crippen LogP contribution is 2.33. The van der Waals surface area contributed by atoms with Crippen molar-refractivity contribution in [1.29, 1.82) is 0 Å². The first-order valence-corrected chi connectivity index (χ1v) is 8.93. The summed E-state index contributed by atoms with van der Waals surface area (Å²) in [6, 6.07) is 13.1. The molecule has 26 heavy (non-hydrogen) atoms. The van der Waals surface area contributed by atoms with E-state index in [0.717, 1.165) is 9.37 Å². The van der Waals surface area contributed by atoms with Crippen LogP contribution >= 0.6 is 27.5 Å². The van der Waals surface area contributed by atoms with Gasteiger partial charge in [-0.15, -0.1) is 0 Å². The Balaban J connectivity index is 1.76. The summed E-state index contributed by atoms with van der Waals surface area (Å²) >= 11 is 9.48. The lowest BCUT2D eigenvalue weighted by Gasteiger charge is -2.23. The smallest absolute Gasteiger partial charge is 0.325 e. The molecule has 4 amide bonds. The first-order valence-electron chi connectivity index (χ1n) is 7.76. The normalized spacial score (nSPS) is 19.4. The summed E-state index contributed by atoms with van der Waals surface area (Å²) in [5.41, 5.74) is -0.261. The molecule has 1 unspecified atom stereocenters. The van der Waals surface area contributed by atoms with E-state index in [2.05, 4.69) is 26.6 Å². The molecule has 3 rings (SSSR count). The molecule has 2 aromatic rings. The second-order valence-electron chi connectivity index (χ2n) is 5.98. The third kappa shape index (κ3) is 3.45. The molecule has 134 valence electrons. The molecule has 0 saturated carbocycles. The number of nitrogens with one attached hydrogen (secondary N) is 2. The Bertz CT molecular complexity index is 888. The number of urea groups is 1. The maximum absolute atomic E-state index is 12.8. The second kappa shape index (κ2) is 7.09. The van der Waals surface area contributed by atoms with Crippen LogP contribution in [0, 0.1) is 0 Å². The summed E-state index contributed by atoms with van der Waals surface area (Å²) in [5.74, 6) is -0.999. The Morgan fingerprint density at radius 1 is 1.19 bits per heavy atom. The fraction of sp³-hybridized carbons (Fsp3) is 0.167. The van der Waals surface area contributed by atoms with E-state index in [0.29, 0.717) is 16.3 Å². The maximum atomic E-state index is 12.8. The van der Waals surface area contributed by atoms with Gasteiger partial charge in [0.05, 0.1) is 0 Å². The highest BCUT2D eigenvalue weighted by Gasteiger charge is 2.50. The Labute approximate surface area is 163 Å². The Morgan fingerprint density at radius 3 is 2.50 bits per heavy atom. The van der Waals surface area contributed by atoms with Crippen molar-refractivity contribution in [3.8, 4) is 0 Å². The summed E-state index contributed by atoms with van der Waals surface area (Å²) in [4.78, 5) is 38.2. The molecule has 1 heterocycles. The number of imide groups is 1. The molecular weight excluding hydrogens is 422 g/mol. The largest absolute Gasteiger partial charge is 0.325 e. The van der Waals surface area contributed by atoms with Crippen LogP contribution in [0.1, 0.15) is 12.5 Å². The van der Waals surface area contributed by atoms with Gasteiger partial charge < -0.3 is 10.6 Å². The minimum Gasteiger partial charge on any atom is -0.325 e. The zero-order valence-electron chi connectivity index (χ0n) is 13.8. The number of halogens is 2. The van der Waals surface area contributed by atoms with Crippen LogP contribution in [0.25, 0.3) is 0 Å². The van der Waals surface area contributed by atoms with Crippen LogP contribution in [0.4, 0.5) is 10.5 Å². The highest BCUT2D eigenvalue weighted by molar-refractivity contribution is 9.10. The molecule has 0 spiro atoms. The van der Waals surface area contributed by atoms with Gasteiger partial charge in [0.25, 0.3) is 5.91 Å². The first kappa shape index (κ1) is 18.4. The predicted octanol–water partition coefficient (Wildman–Crippen LogP) is 3.51. The molecule has 0 aliphatic carbocycles. The van der Waals surface area contributed by atoms with Crippen molar-refractivity contribution >= 4 is 51.1 Å². The van der Waals surface area contributed by atoms with Crippen LogP contribution in [-0.4, -0.2) is 29.3 Å². The second-order valence-corrected chi connectivity index (χ2v) is 7.30. The van der Waals surface area contributed by atoms with E-state index in [1.54, 1.807) is 55.5 Å². The van der Waals surface area contributed by atoms with Gasteiger partial charge in [-0.3, -0.25) is 14.5 Å². The van der Waals surface area contributed by atoms with Crippen LogP contribution in [0.2, 0.25) is 5.02 Å². The van der Waals surface area contributed by atoms with Gasteiger partial charge in [0, 0.05) is 20.7 Å². The molecule has 8 heteroatoms. The molecule has 1 fully saturated rings. The van der Waals surface area contributed by atoms with Crippen LogP contribution < -0.4 is 10.6 Å². The van der Waals surface area contributed by atoms with Crippen molar-refractivity contribution in [3.63, 3.8) is 0 Å². The highest BCUT2D eigenvalue weighted by atomic mass is 79.9. The summed E-state index contributed by atoms with van der Waals surface area (Å²) in [5, 5.41) is 5.65. The average Bonchev–Trinajstić information content (AvgIpc) is 2.81. The summed E-state index contributed by atoms with van der Waals surface area (Å²) in [6.07, 6.45) is 0. The number of carbonyl (C=O) groups is 3. The number of nitrogens with zero attached hydrogens (tertiary/aromatic N) is 1. The lowest BCUT2D eigenvalue weighted by atomic mass is 9.92. The van der Waals surface area contributed by atoms with Gasteiger partial charge in [-0.25, -0.2) is 4.79 Å². The number of benzene rings is 2. The van der Waals surface area contributed by atoms with Crippen molar-refractivity contribution in [2.75, 3.05) is 11.9 Å². The van der Waals surface area contributed by atoms with Gasteiger partial charge >= 0.3 is 6.03 Å². The third-order valence-corrected chi connectivity index (χ3v) is 4.98. The minimum absolute atomic E-state index is 0.366. The number of amides is 4. The molecule has 1 aliphatic rings. The van der Waals surface area contributed by atoms with E-state index in [4.69, 9.17) is 11.6 Å². The van der Waals surface area contributed by atoms with E-state index in [1.165, 1.54) is 0 Å². The van der Waals surface area contributed by atoms with Crippen LogP contribution in [0.5, 0.6) is 0 Å². The summed E-state index contributed by atoms with van der Waals surface area (Å²) in [7, 11) is 0. The lowest BCUT2D eigenvalue weighted by molar-refractivity contribution is -0.133. The zero-order chi connectivity index (χ0) is 18.9. The molecular formula is C18H15BrClN3O3. The van der Waals surface area contributed by atoms with Crippen molar-refractivity contribution in [1.82, 2.24) is 10.2 Å². The predicted molar refractivity (Wildman–Crippen MR) is 102 cm³/mol. The van der Waals surface area contributed by atoms with Gasteiger partial charge in [-0.05, 0) is 37.3 Å². The standard InChI is InChI=1S/C18H15BrClN3O3/c1-18(13-4-2-3-5-14(13)20)16(25)23(17(26)22-18)10-15(24)21-12-8-6-11(19)7-9-12/h2-9H,10H2,1H3,(H,21,24)(H,22,26). The number of hydrogen-bond acceptors (Lipinski definition) is 3. The van der Waals surface area contributed by atoms with E-state index < -0.39 is 23.4 Å². The molecule has 1 atom stereocenters. The fourth-order valence-corrected chi connectivity index (χ4v) is 3.36. The molecule has 2 N–H and O–H groups in total. The van der Waals surface area contributed by atoms with E-state index in [9.17, 15) is 14.4 Å². The van der Waals surface area contributed by atoms with Crippen LogP contribution in [0.3, 0.4) is 0 Å². The maximum Gasteiger partial charge on any atom is 0.325 e. The lowest BCUT2D eigenvalue weighted by Crippen LogP contribution is -2.42. The van der Waals surface area contributed by atoms with Crippen LogP contribution in [0.15, 0.2) is 53.0 Å². The zero-order valence-corrected chi connectivity index (χ0v) is 16.1. The summed E-state index contributed by atoms with van der Waals surface area (Å²) in [6.45, 7) is 1.18. The van der Waals surface area contributed by atoms with Gasteiger partial charge in [0.1, 0.15) is 12.1 Å². The minimum atomic E-state index is -1.31. The number of anilines is 1. The summed E-state index contributed by atoms with van der Waals surface area (Å²) < 4.78 is 0.875. The number of hydrogen-bond donors (Lipinski definition) is 2. The molecule has 1 saturated heterocycles. The molecule has 0 aromatic heterocycles. The molecule has 0 radical (unpaired) electrons. The average molecular weight is 437 g/mol. The number of carbonyl (C=O) groups excluding carboxylic acids is 3. The first-order chi connectivity index (χ1) is 12.3. The van der Waals surface area contributed by atoms with Gasteiger partial charge in [0.15, 0.2) is 0 Å². The van der Waals surface area contributed by atoms with Crippen molar-refractivity contribution in [2.24, 2.45) is 0 Å². The topological polar surface area (TPSA) is 78.5 Å². The Morgan fingerprint density at radius 2 is 1.85 bits per heavy atom. The van der Waals surface area contributed by atoms with Crippen molar-refractivity contribution in [2.45, 2.75) is 12.5 Å². The Kier molecular flexibility index (Phi) is 5.02. The SMILES string of the molecule is CC1(c2ccccc2Cl)NC(=O)N(CC(=O)Nc2ccc(Br)cc2)C1=O. The monoisotopic (exact) mass is 435 g/mol. The van der Waals surface area contributed by atoms with Crippen molar-refractivity contribution < 1.29 is 14.4 Å². The van der Waals surface area contributed by atoms with E-state index in [1.807, 2.05) is 0 Å². The Hall–Kier alpha value is -2.38. The molecule has 6 nitrogen and oxygen atoms in total. The van der Waals surface area contributed by atoms with Crippen LogP contribution in [-0.2, 0) is 15.1 Å². The third-order valence-electron chi connectivity index (χ3n) is 4.12. The fourth-order valence-electron chi connectivity index (χ4n) is 2.77. The molecule has 1 aliphatic heterocycles. The van der Waals surface area contributed by atoms with Crippen molar-refractivity contribution in [3.05, 3.63) is 63.6 Å². The molecule has 2 aromatic carbocycles. The number of rotatable bonds is 4. The van der Waals surface area contributed by atoms with Gasteiger partial charge in [0.2, 0.25) is 5.91 Å².